The smallest absolute Gasteiger partial charge is 0.356 e. The zero-order valence-electron chi connectivity index (χ0n) is 15.3. The van der Waals surface area contributed by atoms with Gasteiger partial charge in [-0.3, -0.25) is 9.48 Å². The summed E-state index contributed by atoms with van der Waals surface area (Å²) in [4.78, 5) is 19.7. The molecule has 0 aromatic carbocycles. The van der Waals surface area contributed by atoms with Crippen molar-refractivity contribution in [2.24, 2.45) is 5.92 Å². The monoisotopic (exact) mass is 396 g/mol. The van der Waals surface area contributed by atoms with Crippen molar-refractivity contribution in [1.29, 1.82) is 0 Å². The van der Waals surface area contributed by atoms with Gasteiger partial charge in [-0.1, -0.05) is 0 Å². The lowest BCUT2D eigenvalue weighted by Gasteiger charge is -2.28. The zero-order valence-corrected chi connectivity index (χ0v) is 15.3. The minimum atomic E-state index is -4.49. The normalized spacial score (nSPS) is 20.0. The minimum absolute atomic E-state index is 0.0265. The Morgan fingerprint density at radius 3 is 2.68 bits per heavy atom. The number of halogens is 3. The van der Waals surface area contributed by atoms with E-state index in [4.69, 9.17) is 0 Å². The van der Waals surface area contributed by atoms with Crippen molar-refractivity contribution in [3.63, 3.8) is 0 Å². The standard InChI is InChI=1S/C18H23F3N6O/c19-18(20,21)15-7-10-23-17(26-15)25-14-5-3-13(4-6-14)16(28)22-8-1-11-27-12-2-9-24-27/h2,7,9-10,12-14H,1,3-6,8,11H2,(H,22,28)(H,23,25,26). The number of aromatic nitrogens is 4. The van der Waals surface area contributed by atoms with Crippen molar-refractivity contribution in [3.8, 4) is 0 Å². The van der Waals surface area contributed by atoms with Gasteiger partial charge in [-0.05, 0) is 44.2 Å². The summed E-state index contributed by atoms with van der Waals surface area (Å²) in [5.74, 6) is -0.0548. The molecule has 3 rings (SSSR count). The van der Waals surface area contributed by atoms with Crippen molar-refractivity contribution in [1.82, 2.24) is 25.1 Å². The number of nitrogens with one attached hydrogen (secondary N) is 2. The van der Waals surface area contributed by atoms with Gasteiger partial charge in [0.2, 0.25) is 11.9 Å². The summed E-state index contributed by atoms with van der Waals surface area (Å²) in [6.07, 6.45) is 3.74. The SMILES string of the molecule is O=C(NCCCn1cccn1)C1CCC(Nc2nccc(C(F)(F)F)n2)CC1. The largest absolute Gasteiger partial charge is 0.433 e. The molecule has 0 bridgehead atoms. The first-order valence-corrected chi connectivity index (χ1v) is 9.34. The zero-order chi connectivity index (χ0) is 20.0. The second-order valence-corrected chi connectivity index (χ2v) is 6.87. The van der Waals surface area contributed by atoms with Crippen molar-refractivity contribution in [2.45, 2.75) is 50.9 Å². The molecule has 1 fully saturated rings. The Labute approximate surface area is 160 Å². The molecule has 2 aromatic heterocycles. The molecule has 7 nitrogen and oxygen atoms in total. The lowest BCUT2D eigenvalue weighted by Crippen LogP contribution is -2.36. The van der Waals surface area contributed by atoms with E-state index in [9.17, 15) is 18.0 Å². The third kappa shape index (κ3) is 5.67. The van der Waals surface area contributed by atoms with Crippen LogP contribution in [0.1, 0.15) is 37.8 Å². The number of carbonyl (C=O) groups is 1. The van der Waals surface area contributed by atoms with Crippen LogP contribution in [0.25, 0.3) is 0 Å². The number of rotatable bonds is 7. The molecule has 0 radical (unpaired) electrons. The summed E-state index contributed by atoms with van der Waals surface area (Å²) >= 11 is 0. The second kappa shape index (κ2) is 9.03. The van der Waals surface area contributed by atoms with E-state index < -0.39 is 11.9 Å². The molecule has 1 amide bonds. The first kappa shape index (κ1) is 20.1. The second-order valence-electron chi connectivity index (χ2n) is 6.87. The molecular formula is C18H23F3N6O. The number of hydrogen-bond donors (Lipinski definition) is 2. The van der Waals surface area contributed by atoms with E-state index in [2.05, 4.69) is 25.7 Å². The van der Waals surface area contributed by atoms with Gasteiger partial charge in [0.15, 0.2) is 0 Å². The number of amides is 1. The Morgan fingerprint density at radius 1 is 1.21 bits per heavy atom. The van der Waals surface area contributed by atoms with Gasteiger partial charge >= 0.3 is 6.18 Å². The van der Waals surface area contributed by atoms with Crippen LogP contribution < -0.4 is 10.6 Å². The Balaban J connectivity index is 1.38. The fourth-order valence-electron chi connectivity index (χ4n) is 3.30. The maximum Gasteiger partial charge on any atom is 0.433 e. The summed E-state index contributed by atoms with van der Waals surface area (Å²) in [7, 11) is 0. The van der Waals surface area contributed by atoms with E-state index in [-0.39, 0.29) is 23.8 Å². The fourth-order valence-corrected chi connectivity index (χ4v) is 3.30. The molecule has 0 aliphatic heterocycles. The van der Waals surface area contributed by atoms with Gasteiger partial charge in [0.25, 0.3) is 0 Å². The molecule has 10 heteroatoms. The molecule has 28 heavy (non-hydrogen) atoms. The Morgan fingerprint density at radius 2 is 2.00 bits per heavy atom. The van der Waals surface area contributed by atoms with Crippen LogP contribution >= 0.6 is 0 Å². The lowest BCUT2D eigenvalue weighted by molar-refractivity contribution is -0.141. The maximum absolute atomic E-state index is 12.7. The molecule has 152 valence electrons. The van der Waals surface area contributed by atoms with E-state index in [0.29, 0.717) is 32.2 Å². The highest BCUT2D eigenvalue weighted by Crippen LogP contribution is 2.29. The van der Waals surface area contributed by atoms with Gasteiger partial charge < -0.3 is 10.6 Å². The number of nitrogens with zero attached hydrogens (tertiary/aromatic N) is 4. The van der Waals surface area contributed by atoms with E-state index in [0.717, 1.165) is 25.2 Å². The first-order valence-electron chi connectivity index (χ1n) is 9.34. The summed E-state index contributed by atoms with van der Waals surface area (Å²) in [6, 6.07) is 2.67. The Hall–Kier alpha value is -2.65. The molecule has 1 saturated carbocycles. The van der Waals surface area contributed by atoms with Crippen LogP contribution in [-0.2, 0) is 17.5 Å². The molecule has 0 saturated heterocycles. The molecule has 0 spiro atoms. The van der Waals surface area contributed by atoms with Gasteiger partial charge in [0, 0.05) is 43.6 Å². The van der Waals surface area contributed by atoms with E-state index in [1.54, 1.807) is 6.20 Å². The quantitative estimate of drug-likeness (QED) is 0.703. The highest BCUT2D eigenvalue weighted by molar-refractivity contribution is 5.78. The van der Waals surface area contributed by atoms with Crippen LogP contribution in [-0.4, -0.2) is 38.2 Å². The molecule has 2 N–H and O–H groups in total. The minimum Gasteiger partial charge on any atom is -0.356 e. The van der Waals surface area contributed by atoms with Crippen molar-refractivity contribution >= 4 is 11.9 Å². The molecular weight excluding hydrogens is 373 g/mol. The van der Waals surface area contributed by atoms with Gasteiger partial charge in [0.05, 0.1) is 0 Å². The van der Waals surface area contributed by atoms with Gasteiger partial charge in [-0.2, -0.15) is 18.3 Å². The average molecular weight is 396 g/mol. The average Bonchev–Trinajstić information content (AvgIpc) is 3.19. The molecule has 1 aliphatic carbocycles. The number of alkyl halides is 3. The topological polar surface area (TPSA) is 84.7 Å². The van der Waals surface area contributed by atoms with Crippen LogP contribution in [0.15, 0.2) is 30.7 Å². The molecule has 2 aromatic rings. The molecule has 0 atom stereocenters. The van der Waals surface area contributed by atoms with E-state index >= 15 is 0 Å². The summed E-state index contributed by atoms with van der Waals surface area (Å²) in [6.45, 7) is 1.34. The lowest BCUT2D eigenvalue weighted by atomic mass is 9.85. The van der Waals surface area contributed by atoms with E-state index in [1.807, 2.05) is 16.9 Å². The molecule has 2 heterocycles. The summed E-state index contributed by atoms with van der Waals surface area (Å²) < 4.78 is 40.0. The summed E-state index contributed by atoms with van der Waals surface area (Å²) in [5, 5.41) is 10.0. The van der Waals surface area contributed by atoms with Crippen molar-refractivity contribution < 1.29 is 18.0 Å². The Bertz CT molecular complexity index is 757. The van der Waals surface area contributed by atoms with Crippen LogP contribution in [0, 0.1) is 5.92 Å². The number of anilines is 1. The van der Waals surface area contributed by atoms with Crippen LogP contribution in [0.4, 0.5) is 19.1 Å². The van der Waals surface area contributed by atoms with E-state index in [1.165, 1.54) is 0 Å². The molecule has 1 aliphatic rings. The van der Waals surface area contributed by atoms with Gasteiger partial charge in [-0.25, -0.2) is 9.97 Å². The fraction of sp³-hybridized carbons (Fsp3) is 0.556. The van der Waals surface area contributed by atoms with Crippen molar-refractivity contribution in [2.75, 3.05) is 11.9 Å². The van der Waals surface area contributed by atoms with Crippen LogP contribution in [0.5, 0.6) is 0 Å². The number of carbonyl (C=O) groups excluding carboxylic acids is 1. The van der Waals surface area contributed by atoms with Crippen LogP contribution in [0.3, 0.4) is 0 Å². The Kier molecular flexibility index (Phi) is 6.48. The van der Waals surface area contributed by atoms with Crippen LogP contribution in [0.2, 0.25) is 0 Å². The highest BCUT2D eigenvalue weighted by Gasteiger charge is 2.33. The predicted molar refractivity (Wildman–Crippen MR) is 96.3 cm³/mol. The number of aryl methyl sites for hydroxylation is 1. The summed E-state index contributed by atoms with van der Waals surface area (Å²) in [5.41, 5.74) is -0.965. The first-order chi connectivity index (χ1) is 13.4. The highest BCUT2D eigenvalue weighted by atomic mass is 19.4. The maximum atomic E-state index is 12.7. The predicted octanol–water partition coefficient (Wildman–Crippen LogP) is 2.87. The van der Waals surface area contributed by atoms with Gasteiger partial charge in [0.1, 0.15) is 5.69 Å². The van der Waals surface area contributed by atoms with Crippen molar-refractivity contribution in [3.05, 3.63) is 36.4 Å². The number of hydrogen-bond acceptors (Lipinski definition) is 5. The third-order valence-corrected chi connectivity index (χ3v) is 4.80. The molecule has 0 unspecified atom stereocenters. The van der Waals surface area contributed by atoms with Gasteiger partial charge in [-0.15, -0.1) is 0 Å². The third-order valence-electron chi connectivity index (χ3n) is 4.80.